The predicted octanol–water partition coefficient (Wildman–Crippen LogP) is 4.19. The van der Waals surface area contributed by atoms with Gasteiger partial charge in [-0.05, 0) is 48.7 Å². The van der Waals surface area contributed by atoms with E-state index in [4.69, 9.17) is 0 Å². The normalized spacial score (nSPS) is 11.0. The van der Waals surface area contributed by atoms with E-state index < -0.39 is 0 Å². The average Bonchev–Trinajstić information content (AvgIpc) is 3.17. The third-order valence-electron chi connectivity index (χ3n) is 5.49. The Kier molecular flexibility index (Phi) is 7.91. The van der Waals surface area contributed by atoms with E-state index in [1.807, 2.05) is 25.1 Å². The minimum Gasteiger partial charge on any atom is -0.378 e. The number of hydrogen-bond acceptors (Lipinski definition) is 3. The van der Waals surface area contributed by atoms with Crippen molar-refractivity contribution in [2.75, 3.05) is 38.6 Å². The maximum Gasteiger partial charge on any atom is 0.236 e. The molecule has 0 saturated carbocycles. The largest absolute Gasteiger partial charge is 0.378 e. The number of carbonyl (C=O) groups excluding carboxylic acids is 1. The van der Waals surface area contributed by atoms with E-state index >= 15 is 0 Å². The van der Waals surface area contributed by atoms with E-state index in [2.05, 4.69) is 70.8 Å². The average molecular weight is 407 g/mol. The molecule has 5 heteroatoms. The summed E-state index contributed by atoms with van der Waals surface area (Å²) in [5, 5.41) is 4.53. The number of H-pyrrole nitrogens is 1. The van der Waals surface area contributed by atoms with Crippen LogP contribution in [0.3, 0.4) is 0 Å². The molecule has 1 aromatic heterocycles. The summed E-state index contributed by atoms with van der Waals surface area (Å²) in [6.45, 7) is 4.77. The number of amides is 1. The van der Waals surface area contributed by atoms with Gasteiger partial charge in [0.25, 0.3) is 0 Å². The molecule has 0 aliphatic rings. The van der Waals surface area contributed by atoms with E-state index in [1.165, 1.54) is 10.9 Å². The van der Waals surface area contributed by atoms with Crippen LogP contribution in [0.4, 0.5) is 5.69 Å². The lowest BCUT2D eigenvalue weighted by molar-refractivity contribution is -0.130. The van der Waals surface area contributed by atoms with Crippen LogP contribution in [-0.4, -0.2) is 49.5 Å². The molecular formula is C25H34N4O. The van der Waals surface area contributed by atoms with Crippen molar-refractivity contribution in [2.45, 2.75) is 32.7 Å². The van der Waals surface area contributed by atoms with Crippen molar-refractivity contribution in [1.29, 1.82) is 0 Å². The number of carbonyl (C=O) groups is 1. The van der Waals surface area contributed by atoms with Gasteiger partial charge in [-0.15, -0.1) is 0 Å². The van der Waals surface area contributed by atoms with Crippen LogP contribution in [-0.2, 0) is 17.8 Å². The topological polar surface area (TPSA) is 51.4 Å². The fourth-order valence-electron chi connectivity index (χ4n) is 3.61. The quantitative estimate of drug-likeness (QED) is 0.469. The molecule has 0 aliphatic carbocycles. The van der Waals surface area contributed by atoms with E-state index in [0.29, 0.717) is 19.6 Å². The van der Waals surface area contributed by atoms with Crippen molar-refractivity contribution in [3.63, 3.8) is 0 Å². The summed E-state index contributed by atoms with van der Waals surface area (Å²) < 4.78 is 0. The summed E-state index contributed by atoms with van der Waals surface area (Å²) in [6.07, 6.45) is 5.12. The molecule has 5 nitrogen and oxygen atoms in total. The summed E-state index contributed by atoms with van der Waals surface area (Å²) in [6, 6.07) is 16.8. The standard InChI is InChI=1S/C25H34N4O/c1-4-5-15-26-18-25(30)29(19-20-10-12-22(13-11-20)28(2)3)16-14-21-17-27-24-9-7-6-8-23(21)24/h6-13,17,26-27H,4-5,14-16,18-19H2,1-3H3. The number of para-hydroxylation sites is 1. The Morgan fingerprint density at radius 3 is 2.57 bits per heavy atom. The van der Waals surface area contributed by atoms with Gasteiger partial charge in [-0.1, -0.05) is 43.7 Å². The monoisotopic (exact) mass is 406 g/mol. The molecule has 0 spiro atoms. The van der Waals surface area contributed by atoms with Gasteiger partial charge in [0.2, 0.25) is 5.91 Å². The minimum atomic E-state index is 0.155. The Morgan fingerprint density at radius 1 is 1.07 bits per heavy atom. The Hall–Kier alpha value is -2.79. The fraction of sp³-hybridized carbons (Fsp3) is 0.400. The van der Waals surface area contributed by atoms with Gasteiger partial charge in [-0.25, -0.2) is 0 Å². The predicted molar refractivity (Wildman–Crippen MR) is 126 cm³/mol. The summed E-state index contributed by atoms with van der Waals surface area (Å²) in [7, 11) is 4.07. The van der Waals surface area contributed by atoms with Gasteiger partial charge in [-0.3, -0.25) is 4.79 Å². The van der Waals surface area contributed by atoms with Crippen LogP contribution in [0.5, 0.6) is 0 Å². The third-order valence-corrected chi connectivity index (χ3v) is 5.49. The smallest absolute Gasteiger partial charge is 0.236 e. The lowest BCUT2D eigenvalue weighted by atomic mass is 10.1. The zero-order valence-corrected chi connectivity index (χ0v) is 18.4. The summed E-state index contributed by atoms with van der Waals surface area (Å²) >= 11 is 0. The molecular weight excluding hydrogens is 372 g/mol. The van der Waals surface area contributed by atoms with E-state index in [9.17, 15) is 4.79 Å². The first kappa shape index (κ1) is 21.9. The van der Waals surface area contributed by atoms with Crippen molar-refractivity contribution in [1.82, 2.24) is 15.2 Å². The van der Waals surface area contributed by atoms with Crippen LogP contribution in [0, 0.1) is 0 Å². The van der Waals surface area contributed by atoms with E-state index in [1.54, 1.807) is 0 Å². The summed E-state index contributed by atoms with van der Waals surface area (Å²) in [5.74, 6) is 0.155. The highest BCUT2D eigenvalue weighted by Crippen LogP contribution is 2.19. The molecule has 0 unspecified atom stereocenters. The highest BCUT2D eigenvalue weighted by Gasteiger charge is 2.15. The third kappa shape index (κ3) is 5.86. The van der Waals surface area contributed by atoms with Gasteiger partial charge >= 0.3 is 0 Å². The maximum absolute atomic E-state index is 13.0. The number of aromatic nitrogens is 1. The molecule has 0 radical (unpaired) electrons. The van der Waals surface area contributed by atoms with Crippen molar-refractivity contribution in [3.05, 3.63) is 65.9 Å². The number of nitrogens with zero attached hydrogens (tertiary/aromatic N) is 2. The highest BCUT2D eigenvalue weighted by atomic mass is 16.2. The van der Waals surface area contributed by atoms with Crippen LogP contribution in [0.1, 0.15) is 30.9 Å². The molecule has 3 rings (SSSR count). The Labute approximate surface area is 180 Å². The Bertz CT molecular complexity index is 930. The fourth-order valence-corrected chi connectivity index (χ4v) is 3.61. The number of nitrogens with one attached hydrogen (secondary N) is 2. The second kappa shape index (κ2) is 10.8. The second-order valence-corrected chi connectivity index (χ2v) is 8.02. The molecule has 0 saturated heterocycles. The summed E-state index contributed by atoms with van der Waals surface area (Å²) in [5.41, 5.74) is 4.72. The molecule has 1 amide bonds. The van der Waals surface area contributed by atoms with Gasteiger partial charge in [0.05, 0.1) is 6.54 Å². The van der Waals surface area contributed by atoms with Crippen LogP contribution in [0.15, 0.2) is 54.7 Å². The van der Waals surface area contributed by atoms with E-state index in [-0.39, 0.29) is 5.91 Å². The van der Waals surface area contributed by atoms with Crippen molar-refractivity contribution >= 4 is 22.5 Å². The first-order valence-corrected chi connectivity index (χ1v) is 10.9. The molecule has 0 atom stereocenters. The van der Waals surface area contributed by atoms with Crippen molar-refractivity contribution in [3.8, 4) is 0 Å². The zero-order chi connectivity index (χ0) is 21.3. The molecule has 1 heterocycles. The molecule has 0 bridgehead atoms. The first-order chi connectivity index (χ1) is 14.6. The van der Waals surface area contributed by atoms with Crippen LogP contribution in [0.2, 0.25) is 0 Å². The number of rotatable bonds is 11. The van der Waals surface area contributed by atoms with Crippen molar-refractivity contribution in [2.24, 2.45) is 0 Å². The van der Waals surface area contributed by atoms with Gasteiger partial charge < -0.3 is 20.1 Å². The molecule has 160 valence electrons. The molecule has 2 N–H and O–H groups in total. The highest BCUT2D eigenvalue weighted by molar-refractivity contribution is 5.83. The number of unbranched alkanes of at least 4 members (excludes halogenated alkanes) is 1. The van der Waals surface area contributed by atoms with Crippen LogP contribution in [0.25, 0.3) is 10.9 Å². The molecule has 30 heavy (non-hydrogen) atoms. The molecule has 2 aromatic carbocycles. The van der Waals surface area contributed by atoms with Crippen LogP contribution < -0.4 is 10.2 Å². The van der Waals surface area contributed by atoms with Gasteiger partial charge in [0.1, 0.15) is 0 Å². The number of aromatic amines is 1. The lowest BCUT2D eigenvalue weighted by Gasteiger charge is -2.24. The first-order valence-electron chi connectivity index (χ1n) is 10.9. The van der Waals surface area contributed by atoms with Crippen LogP contribution >= 0.6 is 0 Å². The number of fused-ring (bicyclic) bond motifs is 1. The minimum absolute atomic E-state index is 0.155. The lowest BCUT2D eigenvalue weighted by Crippen LogP contribution is -2.39. The molecule has 0 fully saturated rings. The second-order valence-electron chi connectivity index (χ2n) is 8.02. The number of hydrogen-bond donors (Lipinski definition) is 2. The SMILES string of the molecule is CCCCNCC(=O)N(CCc1c[nH]c2ccccc12)Cc1ccc(N(C)C)cc1. The van der Waals surface area contributed by atoms with Gasteiger partial charge in [-0.2, -0.15) is 0 Å². The Morgan fingerprint density at radius 2 is 1.83 bits per heavy atom. The Balaban J connectivity index is 1.68. The van der Waals surface area contributed by atoms with Crippen molar-refractivity contribution < 1.29 is 4.79 Å². The molecule has 0 aliphatic heterocycles. The molecule has 3 aromatic rings. The zero-order valence-electron chi connectivity index (χ0n) is 18.4. The number of benzene rings is 2. The number of anilines is 1. The van der Waals surface area contributed by atoms with Gasteiger partial charge in [0, 0.05) is 50.0 Å². The maximum atomic E-state index is 13.0. The van der Waals surface area contributed by atoms with E-state index in [0.717, 1.165) is 42.6 Å². The van der Waals surface area contributed by atoms with Gasteiger partial charge in [0.15, 0.2) is 0 Å². The summed E-state index contributed by atoms with van der Waals surface area (Å²) in [4.78, 5) is 20.4.